The molecule has 0 bridgehead atoms. The molecular formula is C27H58N2O7Si4. The number of alkyl carbamates (subject to hydrolysis) is 1. The topological polar surface area (TPSA) is 105 Å². The second-order valence-electron chi connectivity index (χ2n) is 14.7. The Morgan fingerprint density at radius 3 is 2.15 bits per heavy atom. The van der Waals surface area contributed by atoms with E-state index in [1.807, 2.05) is 0 Å². The standard InChI is InChI=1S/C27H58N2O7Si4/c1-13-38(8,9)35-39(10,11)36-40(12,34-37(5,6)7)23-32-16-14-15-17-33-25(31)28-21-27(4)19-24(29-22-30)18-26(2,3)20-27/h24H,13-21,23H2,1-12H3,(H,28,31)/t24?,27-,40?/m0/s1. The van der Waals surface area contributed by atoms with Gasteiger partial charge in [-0.1, -0.05) is 27.7 Å². The van der Waals surface area contributed by atoms with Crippen molar-refractivity contribution >= 4 is 45.9 Å². The van der Waals surface area contributed by atoms with Gasteiger partial charge in [-0.2, -0.15) is 0 Å². The van der Waals surface area contributed by atoms with Gasteiger partial charge in [-0.15, -0.1) is 0 Å². The Hall–Kier alpha value is -0.642. The average molecular weight is 635 g/mol. The molecule has 9 nitrogen and oxygen atoms in total. The molecule has 13 heteroatoms. The van der Waals surface area contributed by atoms with Crippen LogP contribution in [0.2, 0.25) is 58.4 Å². The number of carbonyl (C=O) groups excluding carboxylic acids is 2. The predicted molar refractivity (Wildman–Crippen MR) is 171 cm³/mol. The number of aliphatic imine (C=N–C) groups is 1. The molecule has 2 unspecified atom stereocenters. The van der Waals surface area contributed by atoms with Crippen LogP contribution in [0.3, 0.4) is 0 Å². The van der Waals surface area contributed by atoms with Crippen LogP contribution >= 0.6 is 0 Å². The van der Waals surface area contributed by atoms with E-state index in [0.717, 1.165) is 31.7 Å². The second kappa shape index (κ2) is 15.2. The fourth-order valence-electron chi connectivity index (χ4n) is 5.95. The van der Waals surface area contributed by atoms with Gasteiger partial charge >= 0.3 is 23.2 Å². The highest BCUT2D eigenvalue weighted by atomic mass is 28.5. The molecule has 0 spiro atoms. The third-order valence-corrected chi connectivity index (χ3v) is 21.4. The number of carbonyl (C=O) groups is 1. The maximum atomic E-state index is 12.3. The first kappa shape index (κ1) is 37.4. The van der Waals surface area contributed by atoms with Gasteiger partial charge in [-0.3, -0.25) is 0 Å². The van der Waals surface area contributed by atoms with Crippen LogP contribution in [0, 0.1) is 10.8 Å². The summed E-state index contributed by atoms with van der Waals surface area (Å²) in [6.07, 6.45) is 5.78. The van der Waals surface area contributed by atoms with E-state index in [4.69, 9.17) is 21.8 Å². The van der Waals surface area contributed by atoms with Gasteiger partial charge in [-0.25, -0.2) is 14.6 Å². The van der Waals surface area contributed by atoms with Crippen molar-refractivity contribution in [1.29, 1.82) is 0 Å². The molecule has 1 rings (SSSR count). The number of hydrogen-bond donors (Lipinski definition) is 1. The molecule has 1 N–H and O–H groups in total. The minimum absolute atomic E-state index is 0.0481. The minimum Gasteiger partial charge on any atom is -0.450 e. The van der Waals surface area contributed by atoms with E-state index in [0.29, 0.717) is 32.4 Å². The van der Waals surface area contributed by atoms with Crippen LogP contribution in [0.5, 0.6) is 0 Å². The number of isocyanates is 1. The quantitative estimate of drug-likeness (QED) is 0.0807. The fraction of sp³-hybridized carbons (Fsp3) is 0.926. The molecule has 0 heterocycles. The number of unbranched alkanes of at least 4 members (excludes halogenated alkanes) is 1. The average Bonchev–Trinajstić information content (AvgIpc) is 2.73. The Morgan fingerprint density at radius 1 is 0.950 bits per heavy atom. The van der Waals surface area contributed by atoms with Crippen molar-refractivity contribution < 1.29 is 31.4 Å². The van der Waals surface area contributed by atoms with Crippen molar-refractivity contribution in [1.82, 2.24) is 5.32 Å². The summed E-state index contributed by atoms with van der Waals surface area (Å²) >= 11 is 0. The number of rotatable bonds is 17. The zero-order valence-corrected chi connectivity index (χ0v) is 31.5. The van der Waals surface area contributed by atoms with Crippen molar-refractivity contribution in [2.75, 3.05) is 26.0 Å². The zero-order valence-electron chi connectivity index (χ0n) is 27.5. The van der Waals surface area contributed by atoms with Crippen LogP contribution in [0.15, 0.2) is 4.99 Å². The summed E-state index contributed by atoms with van der Waals surface area (Å²) in [5.74, 6) is 0. The molecule has 1 aliphatic carbocycles. The molecule has 234 valence electrons. The molecule has 1 fully saturated rings. The van der Waals surface area contributed by atoms with Gasteiger partial charge in [0.1, 0.15) is 0 Å². The van der Waals surface area contributed by atoms with Gasteiger partial charge in [0.25, 0.3) is 0 Å². The Bertz CT molecular complexity index is 862. The lowest BCUT2D eigenvalue weighted by Gasteiger charge is -2.45. The van der Waals surface area contributed by atoms with Crippen LogP contribution < -0.4 is 5.32 Å². The SMILES string of the molecule is CC[Si](C)(C)O[Si](C)(C)O[Si](C)(COCCCCOC(=O)NC[C@@]1(C)CC(N=C=O)CC(C)(C)C1)O[Si](C)(C)C. The first-order valence-electron chi connectivity index (χ1n) is 14.8. The fourth-order valence-corrected chi connectivity index (χ4v) is 23.3. The van der Waals surface area contributed by atoms with Crippen LogP contribution in [0.1, 0.15) is 59.8 Å². The third-order valence-electron chi connectivity index (χ3n) is 6.95. The third kappa shape index (κ3) is 15.5. The lowest BCUT2D eigenvalue weighted by atomic mass is 9.63. The van der Waals surface area contributed by atoms with Crippen LogP contribution in [-0.2, 0) is 26.6 Å². The predicted octanol–water partition coefficient (Wildman–Crippen LogP) is 6.85. The van der Waals surface area contributed by atoms with Crippen LogP contribution in [0.25, 0.3) is 0 Å². The highest BCUT2D eigenvalue weighted by Crippen LogP contribution is 2.46. The first-order valence-corrected chi connectivity index (χ1v) is 26.7. The Labute approximate surface area is 248 Å². The Morgan fingerprint density at radius 2 is 1.57 bits per heavy atom. The van der Waals surface area contributed by atoms with Crippen molar-refractivity contribution in [2.45, 2.75) is 124 Å². The van der Waals surface area contributed by atoms with E-state index in [2.05, 4.69) is 90.4 Å². The van der Waals surface area contributed by atoms with Crippen molar-refractivity contribution in [2.24, 2.45) is 15.8 Å². The lowest BCUT2D eigenvalue weighted by Crippen LogP contribution is -2.59. The molecular weight excluding hydrogens is 577 g/mol. The molecule has 1 aliphatic rings. The molecule has 3 atom stereocenters. The summed E-state index contributed by atoms with van der Waals surface area (Å²) in [6.45, 7) is 27.4. The number of nitrogens with one attached hydrogen (secondary N) is 1. The number of nitrogens with zero attached hydrogens (tertiary/aromatic N) is 1. The van der Waals surface area contributed by atoms with Crippen LogP contribution in [0.4, 0.5) is 4.79 Å². The summed E-state index contributed by atoms with van der Waals surface area (Å²) in [5.41, 5.74) is -0.0976. The van der Waals surface area contributed by atoms with E-state index in [-0.39, 0.29) is 16.9 Å². The van der Waals surface area contributed by atoms with Gasteiger partial charge in [0.05, 0.1) is 18.9 Å². The number of hydrogen-bond acceptors (Lipinski definition) is 8. The minimum atomic E-state index is -2.60. The summed E-state index contributed by atoms with van der Waals surface area (Å²) in [5, 5.41) is 2.92. The Balaban J connectivity index is 2.46. The molecule has 0 radical (unpaired) electrons. The second-order valence-corrected chi connectivity index (χ2v) is 31.0. The molecule has 40 heavy (non-hydrogen) atoms. The number of ether oxygens (including phenoxy) is 2. The molecule has 0 aromatic heterocycles. The van der Waals surface area contributed by atoms with Crippen molar-refractivity contribution in [3.05, 3.63) is 0 Å². The maximum absolute atomic E-state index is 12.3. The lowest BCUT2D eigenvalue weighted by molar-refractivity contribution is 0.0775. The highest BCUT2D eigenvalue weighted by molar-refractivity contribution is 6.89. The summed E-state index contributed by atoms with van der Waals surface area (Å²) in [4.78, 5) is 27.1. The monoisotopic (exact) mass is 634 g/mol. The van der Waals surface area contributed by atoms with Gasteiger partial charge in [0.2, 0.25) is 6.08 Å². The largest absolute Gasteiger partial charge is 0.450 e. The highest BCUT2D eigenvalue weighted by Gasteiger charge is 2.45. The number of amides is 1. The molecule has 0 aromatic carbocycles. The Kier molecular flexibility index (Phi) is 14.2. The normalized spacial score (nSPS) is 23.1. The van der Waals surface area contributed by atoms with E-state index >= 15 is 0 Å². The van der Waals surface area contributed by atoms with Gasteiger partial charge in [0.15, 0.2) is 16.6 Å². The molecule has 0 aliphatic heterocycles. The molecule has 1 saturated carbocycles. The van der Waals surface area contributed by atoms with E-state index in [1.54, 1.807) is 6.08 Å². The first-order chi connectivity index (χ1) is 18.1. The molecule has 1 amide bonds. The van der Waals surface area contributed by atoms with Crippen molar-refractivity contribution in [3.63, 3.8) is 0 Å². The summed E-state index contributed by atoms with van der Waals surface area (Å²) in [7, 11) is -8.58. The van der Waals surface area contributed by atoms with Gasteiger partial charge < -0.3 is 27.1 Å². The smallest absolute Gasteiger partial charge is 0.407 e. The van der Waals surface area contributed by atoms with E-state index < -0.39 is 39.8 Å². The molecule has 0 saturated heterocycles. The zero-order chi connectivity index (χ0) is 30.9. The summed E-state index contributed by atoms with van der Waals surface area (Å²) in [6, 6.07) is 0.992. The van der Waals surface area contributed by atoms with Crippen LogP contribution in [-0.4, -0.2) is 78.0 Å². The van der Waals surface area contributed by atoms with Gasteiger partial charge in [0, 0.05) is 13.2 Å². The summed E-state index contributed by atoms with van der Waals surface area (Å²) < 4.78 is 31.3. The van der Waals surface area contributed by atoms with Crippen molar-refractivity contribution in [3.8, 4) is 0 Å². The maximum Gasteiger partial charge on any atom is 0.407 e. The van der Waals surface area contributed by atoms with E-state index in [9.17, 15) is 9.59 Å². The van der Waals surface area contributed by atoms with Gasteiger partial charge in [-0.05, 0) is 101 Å². The molecule has 0 aromatic rings. The van der Waals surface area contributed by atoms with E-state index in [1.165, 1.54) is 0 Å².